The molecule has 1 N–H and O–H groups in total. The lowest BCUT2D eigenvalue weighted by molar-refractivity contribution is -0.140. The van der Waals surface area contributed by atoms with E-state index < -0.39 is 21.9 Å². The third-order valence-corrected chi connectivity index (χ3v) is 6.61. The Labute approximate surface area is 205 Å². The van der Waals surface area contributed by atoms with Crippen LogP contribution in [0.3, 0.4) is 0 Å². The molecule has 0 aliphatic carbocycles. The second-order valence-corrected chi connectivity index (χ2v) is 10.7. The molecule has 0 saturated heterocycles. The van der Waals surface area contributed by atoms with Gasteiger partial charge in [-0.15, -0.1) is 0 Å². The first-order valence-corrected chi connectivity index (χ1v) is 13.2. The molecule has 0 bridgehead atoms. The summed E-state index contributed by atoms with van der Waals surface area (Å²) in [6.45, 7) is 5.19. The van der Waals surface area contributed by atoms with E-state index in [0.717, 1.165) is 6.26 Å². The molecule has 2 aromatic rings. The summed E-state index contributed by atoms with van der Waals surface area (Å²) in [4.78, 5) is 27.1. The Morgan fingerprint density at radius 1 is 1.06 bits per heavy atom. The van der Waals surface area contributed by atoms with Gasteiger partial charge in [-0.1, -0.05) is 29.8 Å². The van der Waals surface area contributed by atoms with Crippen LogP contribution >= 0.6 is 11.6 Å². The van der Waals surface area contributed by atoms with Crippen molar-refractivity contribution in [2.75, 3.05) is 17.1 Å². The van der Waals surface area contributed by atoms with E-state index in [-0.39, 0.29) is 43.8 Å². The zero-order valence-corrected chi connectivity index (χ0v) is 21.4. The van der Waals surface area contributed by atoms with Crippen LogP contribution in [0, 0.1) is 5.82 Å². The molecule has 10 heteroatoms. The second kappa shape index (κ2) is 12.2. The van der Waals surface area contributed by atoms with Crippen molar-refractivity contribution in [3.8, 4) is 0 Å². The van der Waals surface area contributed by atoms with E-state index in [9.17, 15) is 22.4 Å². The maximum atomic E-state index is 14.3. The number of benzene rings is 2. The molecule has 0 unspecified atom stereocenters. The number of hydrogen-bond acceptors (Lipinski definition) is 4. The zero-order chi connectivity index (χ0) is 25.5. The Bertz CT molecular complexity index is 1090. The summed E-state index contributed by atoms with van der Waals surface area (Å²) in [6.07, 6.45) is 1.28. The molecule has 0 fully saturated rings. The van der Waals surface area contributed by atoms with E-state index in [4.69, 9.17) is 11.6 Å². The highest BCUT2D eigenvalue weighted by Crippen LogP contribution is 2.21. The van der Waals surface area contributed by atoms with Crippen molar-refractivity contribution in [2.24, 2.45) is 0 Å². The molecule has 2 aromatic carbocycles. The van der Waals surface area contributed by atoms with Gasteiger partial charge in [-0.25, -0.2) is 12.8 Å². The highest BCUT2D eigenvalue weighted by molar-refractivity contribution is 7.92. The van der Waals surface area contributed by atoms with E-state index in [1.165, 1.54) is 15.3 Å². The minimum Gasteiger partial charge on any atom is -0.352 e. The number of carbonyl (C=O) groups excluding carboxylic acids is 2. The molecular weight excluding hydrogens is 481 g/mol. The third-order valence-electron chi connectivity index (χ3n) is 5.16. The monoisotopic (exact) mass is 511 g/mol. The molecule has 0 radical (unpaired) electrons. The van der Waals surface area contributed by atoms with E-state index >= 15 is 0 Å². The number of rotatable bonds is 11. The summed E-state index contributed by atoms with van der Waals surface area (Å²) in [6, 6.07) is 11.5. The average molecular weight is 512 g/mol. The lowest BCUT2D eigenvalue weighted by atomic mass is 10.1. The summed E-state index contributed by atoms with van der Waals surface area (Å²) in [5.74, 6) is -1.19. The Morgan fingerprint density at radius 3 is 2.24 bits per heavy atom. The Kier molecular flexibility index (Phi) is 9.88. The molecule has 2 rings (SSSR count). The highest BCUT2D eigenvalue weighted by Gasteiger charge is 2.27. The summed E-state index contributed by atoms with van der Waals surface area (Å²) < 4.78 is 40.1. The van der Waals surface area contributed by atoms with Crippen molar-refractivity contribution in [3.63, 3.8) is 0 Å². The van der Waals surface area contributed by atoms with Crippen molar-refractivity contribution in [3.05, 3.63) is 64.9 Å². The van der Waals surface area contributed by atoms with E-state index in [0.29, 0.717) is 16.3 Å². The maximum Gasteiger partial charge on any atom is 0.242 e. The molecule has 186 valence electrons. The van der Waals surface area contributed by atoms with Crippen molar-refractivity contribution in [1.29, 1.82) is 0 Å². The molecule has 0 aliphatic rings. The average Bonchev–Trinajstić information content (AvgIpc) is 2.75. The van der Waals surface area contributed by atoms with Crippen LogP contribution in [0.1, 0.15) is 39.2 Å². The van der Waals surface area contributed by atoms with Crippen LogP contribution in [0.25, 0.3) is 0 Å². The van der Waals surface area contributed by atoms with Crippen LogP contribution in [0.4, 0.5) is 10.1 Å². The first kappa shape index (κ1) is 27.6. The number of halogens is 2. The van der Waals surface area contributed by atoms with Crippen molar-refractivity contribution in [1.82, 2.24) is 10.2 Å². The molecule has 7 nitrogen and oxygen atoms in total. The van der Waals surface area contributed by atoms with Crippen LogP contribution in [0.2, 0.25) is 5.02 Å². The van der Waals surface area contributed by atoms with Crippen LogP contribution < -0.4 is 9.62 Å². The Hall–Kier alpha value is -2.65. The maximum absolute atomic E-state index is 14.3. The van der Waals surface area contributed by atoms with Crippen LogP contribution in [0.15, 0.2) is 48.5 Å². The van der Waals surface area contributed by atoms with Gasteiger partial charge in [-0.05, 0) is 57.5 Å². The minimum absolute atomic E-state index is 0.0205. The van der Waals surface area contributed by atoms with Crippen molar-refractivity contribution in [2.45, 2.75) is 52.2 Å². The quantitative estimate of drug-likeness (QED) is 0.494. The highest BCUT2D eigenvalue weighted by atomic mass is 35.5. The number of hydrogen-bond donors (Lipinski definition) is 1. The molecule has 0 saturated carbocycles. The van der Waals surface area contributed by atoms with E-state index in [2.05, 4.69) is 5.32 Å². The summed E-state index contributed by atoms with van der Waals surface area (Å²) >= 11 is 5.90. The predicted octanol–water partition coefficient (Wildman–Crippen LogP) is 3.97. The molecule has 0 aliphatic heterocycles. The van der Waals surface area contributed by atoms with E-state index in [1.54, 1.807) is 49.4 Å². The van der Waals surface area contributed by atoms with Crippen LogP contribution in [-0.4, -0.2) is 50.0 Å². The molecule has 0 aromatic heterocycles. The fraction of sp³-hybridized carbons (Fsp3) is 0.417. The number of sulfonamides is 1. The molecule has 2 amide bonds. The van der Waals surface area contributed by atoms with Gasteiger partial charge in [0.25, 0.3) is 0 Å². The van der Waals surface area contributed by atoms with Gasteiger partial charge in [-0.2, -0.15) is 0 Å². The molecular formula is C24H31ClFN3O4S. The summed E-state index contributed by atoms with van der Waals surface area (Å²) in [7, 11) is -3.59. The smallest absolute Gasteiger partial charge is 0.242 e. The predicted molar refractivity (Wildman–Crippen MR) is 133 cm³/mol. The topological polar surface area (TPSA) is 86.8 Å². The van der Waals surface area contributed by atoms with Crippen LogP contribution in [0.5, 0.6) is 0 Å². The standard InChI is InChI=1S/C24H31ClFN3O4S/c1-17(2)27-24(31)18(3)28(16-19-8-5-6-9-22(19)26)23(30)10-7-15-29(34(4,32)33)21-13-11-20(25)12-14-21/h5-6,8-9,11-14,17-18H,7,10,15-16H2,1-4H3,(H,27,31)/t18-/m1/s1. The number of amides is 2. The molecule has 0 spiro atoms. The molecule has 34 heavy (non-hydrogen) atoms. The SMILES string of the molecule is CC(C)NC(=O)[C@@H](C)N(Cc1ccccc1F)C(=O)CCCN(c1ccc(Cl)cc1)S(C)(=O)=O. The van der Waals surface area contributed by atoms with Gasteiger partial charge < -0.3 is 10.2 Å². The number of nitrogens with one attached hydrogen (secondary N) is 1. The van der Waals surface area contributed by atoms with Gasteiger partial charge in [0.15, 0.2) is 0 Å². The zero-order valence-electron chi connectivity index (χ0n) is 19.8. The Morgan fingerprint density at radius 2 is 1.68 bits per heavy atom. The van der Waals surface area contributed by atoms with Gasteiger partial charge >= 0.3 is 0 Å². The molecule has 1 atom stereocenters. The fourth-order valence-corrected chi connectivity index (χ4v) is 4.50. The Balaban J connectivity index is 2.17. The van der Waals surface area contributed by atoms with Crippen molar-refractivity contribution < 1.29 is 22.4 Å². The normalized spacial score (nSPS) is 12.3. The second-order valence-electron chi connectivity index (χ2n) is 8.37. The third kappa shape index (κ3) is 7.99. The first-order valence-electron chi connectivity index (χ1n) is 11.0. The van der Waals surface area contributed by atoms with Gasteiger partial charge in [-0.3, -0.25) is 13.9 Å². The lowest BCUT2D eigenvalue weighted by Crippen LogP contribution is -2.49. The van der Waals surface area contributed by atoms with Crippen molar-refractivity contribution >= 4 is 39.1 Å². The summed E-state index contributed by atoms with van der Waals surface area (Å²) in [5.41, 5.74) is 0.728. The van der Waals surface area contributed by atoms with Gasteiger partial charge in [0.05, 0.1) is 11.9 Å². The van der Waals surface area contributed by atoms with Gasteiger partial charge in [0.2, 0.25) is 21.8 Å². The summed E-state index contributed by atoms with van der Waals surface area (Å²) in [5, 5.41) is 3.25. The largest absolute Gasteiger partial charge is 0.352 e. The minimum atomic E-state index is -3.59. The lowest BCUT2D eigenvalue weighted by Gasteiger charge is -2.30. The number of anilines is 1. The number of nitrogens with zero attached hydrogens (tertiary/aromatic N) is 2. The van der Waals surface area contributed by atoms with Gasteiger partial charge in [0.1, 0.15) is 11.9 Å². The van der Waals surface area contributed by atoms with E-state index in [1.807, 2.05) is 13.8 Å². The van der Waals surface area contributed by atoms with Crippen LogP contribution in [-0.2, 0) is 26.2 Å². The number of carbonyl (C=O) groups is 2. The fourth-order valence-electron chi connectivity index (χ4n) is 3.41. The molecule has 0 heterocycles. The first-order chi connectivity index (χ1) is 15.9. The van der Waals surface area contributed by atoms with Gasteiger partial charge in [0, 0.05) is 36.1 Å².